The number of benzene rings is 2. The van der Waals surface area contributed by atoms with Crippen LogP contribution in [0.4, 0.5) is 0 Å². The number of hydrogen-bond donors (Lipinski definition) is 0. The first-order valence-electron chi connectivity index (χ1n) is 11.1. The zero-order chi connectivity index (χ0) is 21.4. The van der Waals surface area contributed by atoms with E-state index in [0.717, 1.165) is 68.0 Å². The van der Waals surface area contributed by atoms with Gasteiger partial charge in [0.15, 0.2) is 6.61 Å². The molecule has 1 spiro atoms. The number of rotatable bonds is 5. The maximum absolute atomic E-state index is 13.0. The van der Waals surface area contributed by atoms with Crippen molar-refractivity contribution in [1.82, 2.24) is 15.0 Å². The zero-order valence-electron chi connectivity index (χ0n) is 18.3. The molecule has 2 aromatic carbocycles. The number of aryl methyl sites for hydroxylation is 2. The van der Waals surface area contributed by atoms with Crippen LogP contribution in [0.2, 0.25) is 0 Å². The molecule has 0 aliphatic carbocycles. The van der Waals surface area contributed by atoms with Crippen LogP contribution in [-0.2, 0) is 11.3 Å². The highest BCUT2D eigenvalue weighted by Gasteiger charge is 2.48. The van der Waals surface area contributed by atoms with Crippen molar-refractivity contribution < 1.29 is 14.1 Å². The van der Waals surface area contributed by atoms with E-state index in [4.69, 9.17) is 9.26 Å². The van der Waals surface area contributed by atoms with Crippen molar-refractivity contribution in [2.24, 2.45) is 0 Å². The molecule has 6 heteroatoms. The molecule has 2 aliphatic rings. The highest BCUT2D eigenvalue weighted by Crippen LogP contribution is 2.40. The van der Waals surface area contributed by atoms with E-state index >= 15 is 0 Å². The second-order valence-corrected chi connectivity index (χ2v) is 8.92. The lowest BCUT2D eigenvalue weighted by Gasteiger charge is -2.57. The fraction of sp³-hybridized carbons (Fsp3) is 0.440. The van der Waals surface area contributed by atoms with Crippen molar-refractivity contribution in [1.29, 1.82) is 0 Å². The SMILES string of the molecule is Cc1noc(C)c1CN1CCC12CCCN(C(=O)COc1ccc3ccccc3c1)C2. The van der Waals surface area contributed by atoms with Gasteiger partial charge in [-0.25, -0.2) is 0 Å². The minimum Gasteiger partial charge on any atom is -0.484 e. The Hall–Kier alpha value is -2.86. The molecule has 5 rings (SSSR count). The van der Waals surface area contributed by atoms with Gasteiger partial charge >= 0.3 is 0 Å². The number of ether oxygens (including phenoxy) is 1. The average Bonchev–Trinajstić information content (AvgIpc) is 3.12. The maximum atomic E-state index is 13.0. The Morgan fingerprint density at radius 3 is 2.71 bits per heavy atom. The summed E-state index contributed by atoms with van der Waals surface area (Å²) in [6.07, 6.45) is 3.29. The van der Waals surface area contributed by atoms with E-state index in [1.165, 1.54) is 10.9 Å². The number of carbonyl (C=O) groups excluding carboxylic acids is 1. The molecule has 0 N–H and O–H groups in total. The van der Waals surface area contributed by atoms with Crippen molar-refractivity contribution in [3.05, 3.63) is 59.5 Å². The predicted octanol–water partition coefficient (Wildman–Crippen LogP) is 4.09. The highest BCUT2D eigenvalue weighted by molar-refractivity contribution is 5.84. The Morgan fingerprint density at radius 1 is 1.13 bits per heavy atom. The molecule has 2 aliphatic heterocycles. The van der Waals surface area contributed by atoms with Crippen LogP contribution in [0.1, 0.15) is 36.3 Å². The van der Waals surface area contributed by atoms with Crippen molar-refractivity contribution in [2.45, 2.75) is 45.2 Å². The van der Waals surface area contributed by atoms with E-state index in [9.17, 15) is 4.79 Å². The number of hydrogen-bond acceptors (Lipinski definition) is 5. The summed E-state index contributed by atoms with van der Waals surface area (Å²) in [5.74, 6) is 1.70. The van der Waals surface area contributed by atoms with Gasteiger partial charge in [0.2, 0.25) is 0 Å². The van der Waals surface area contributed by atoms with Crippen LogP contribution in [0, 0.1) is 13.8 Å². The Kier molecular flexibility index (Phi) is 5.18. The molecule has 31 heavy (non-hydrogen) atoms. The second kappa shape index (κ2) is 8.00. The van der Waals surface area contributed by atoms with E-state index in [1.54, 1.807) is 0 Å². The lowest BCUT2D eigenvalue weighted by atomic mass is 9.77. The molecule has 3 heterocycles. The van der Waals surface area contributed by atoms with Crippen LogP contribution >= 0.6 is 0 Å². The first-order chi connectivity index (χ1) is 15.0. The number of amides is 1. The van der Waals surface area contributed by atoms with Crippen LogP contribution in [0.25, 0.3) is 10.8 Å². The summed E-state index contributed by atoms with van der Waals surface area (Å²) >= 11 is 0. The largest absolute Gasteiger partial charge is 0.484 e. The summed E-state index contributed by atoms with van der Waals surface area (Å²) in [6.45, 7) is 7.54. The molecule has 2 saturated heterocycles. The third kappa shape index (κ3) is 3.81. The van der Waals surface area contributed by atoms with E-state index in [-0.39, 0.29) is 18.1 Å². The van der Waals surface area contributed by atoms with Gasteiger partial charge in [0, 0.05) is 37.3 Å². The summed E-state index contributed by atoms with van der Waals surface area (Å²) in [6, 6.07) is 14.1. The molecule has 162 valence electrons. The van der Waals surface area contributed by atoms with E-state index in [1.807, 2.05) is 49.1 Å². The quantitative estimate of drug-likeness (QED) is 0.623. The van der Waals surface area contributed by atoms with Crippen LogP contribution < -0.4 is 4.74 Å². The van der Waals surface area contributed by atoms with E-state index in [0.29, 0.717) is 0 Å². The van der Waals surface area contributed by atoms with Gasteiger partial charge in [0.05, 0.1) is 5.69 Å². The standard InChI is InChI=1S/C25H29N3O3/c1-18-23(19(2)31-26-18)15-28-13-11-25(28)10-5-12-27(17-25)24(29)16-30-22-9-8-20-6-3-4-7-21(20)14-22/h3-4,6-9,14H,5,10-13,15-17H2,1-2H3. The Balaban J connectivity index is 1.22. The summed E-state index contributed by atoms with van der Waals surface area (Å²) in [5.41, 5.74) is 2.22. The van der Waals surface area contributed by atoms with Gasteiger partial charge in [0.1, 0.15) is 11.5 Å². The van der Waals surface area contributed by atoms with Crippen LogP contribution in [0.5, 0.6) is 5.75 Å². The second-order valence-electron chi connectivity index (χ2n) is 8.92. The summed E-state index contributed by atoms with van der Waals surface area (Å²) in [7, 11) is 0. The number of likely N-dealkylation sites (tertiary alicyclic amines) is 2. The van der Waals surface area contributed by atoms with Crippen LogP contribution in [-0.4, -0.2) is 52.6 Å². The van der Waals surface area contributed by atoms with Gasteiger partial charge in [0.25, 0.3) is 5.91 Å². The first kappa shape index (κ1) is 20.1. The van der Waals surface area contributed by atoms with Gasteiger partial charge in [-0.05, 0) is 56.0 Å². The molecular formula is C25H29N3O3. The number of aromatic nitrogens is 1. The maximum Gasteiger partial charge on any atom is 0.260 e. The Bertz CT molecular complexity index is 1090. The molecule has 3 aromatic rings. The first-order valence-corrected chi connectivity index (χ1v) is 11.1. The summed E-state index contributed by atoms with van der Waals surface area (Å²) in [5, 5.41) is 6.38. The van der Waals surface area contributed by atoms with Gasteiger partial charge in [-0.3, -0.25) is 9.69 Å². The zero-order valence-corrected chi connectivity index (χ0v) is 18.3. The molecule has 0 bridgehead atoms. The Labute approximate surface area is 182 Å². The summed E-state index contributed by atoms with van der Waals surface area (Å²) in [4.78, 5) is 17.4. The topological polar surface area (TPSA) is 58.8 Å². The molecule has 2 fully saturated rings. The Morgan fingerprint density at radius 2 is 1.97 bits per heavy atom. The third-order valence-electron chi connectivity index (χ3n) is 7.04. The molecule has 6 nitrogen and oxygen atoms in total. The molecule has 1 aromatic heterocycles. The minimum atomic E-state index is 0.0661. The van der Waals surface area contributed by atoms with Crippen molar-refractivity contribution in [3.8, 4) is 5.75 Å². The average molecular weight is 420 g/mol. The fourth-order valence-corrected chi connectivity index (χ4v) is 5.03. The molecule has 1 unspecified atom stereocenters. The molecule has 1 amide bonds. The fourth-order valence-electron chi connectivity index (χ4n) is 5.03. The van der Waals surface area contributed by atoms with Crippen molar-refractivity contribution >= 4 is 16.7 Å². The summed E-state index contributed by atoms with van der Waals surface area (Å²) < 4.78 is 11.2. The van der Waals surface area contributed by atoms with Crippen LogP contribution in [0.15, 0.2) is 47.0 Å². The number of piperidine rings is 1. The van der Waals surface area contributed by atoms with Crippen molar-refractivity contribution in [3.63, 3.8) is 0 Å². The van der Waals surface area contributed by atoms with E-state index in [2.05, 4.69) is 22.2 Å². The van der Waals surface area contributed by atoms with Gasteiger partial charge in [-0.1, -0.05) is 35.5 Å². The molecular weight excluding hydrogens is 390 g/mol. The number of nitrogens with zero attached hydrogens (tertiary/aromatic N) is 3. The monoisotopic (exact) mass is 419 g/mol. The predicted molar refractivity (Wildman–Crippen MR) is 119 cm³/mol. The lowest BCUT2D eigenvalue weighted by Crippen LogP contribution is -2.67. The number of carbonyl (C=O) groups is 1. The van der Waals surface area contributed by atoms with Gasteiger partial charge in [-0.2, -0.15) is 0 Å². The highest BCUT2D eigenvalue weighted by atomic mass is 16.5. The smallest absolute Gasteiger partial charge is 0.260 e. The van der Waals surface area contributed by atoms with Gasteiger partial charge < -0.3 is 14.2 Å². The van der Waals surface area contributed by atoms with Gasteiger partial charge in [-0.15, -0.1) is 0 Å². The van der Waals surface area contributed by atoms with Crippen LogP contribution in [0.3, 0.4) is 0 Å². The molecule has 0 radical (unpaired) electrons. The minimum absolute atomic E-state index is 0.0661. The molecule has 0 saturated carbocycles. The normalized spacial score (nSPS) is 21.4. The molecule has 1 atom stereocenters. The third-order valence-corrected chi connectivity index (χ3v) is 7.04. The lowest BCUT2D eigenvalue weighted by molar-refractivity contribution is -0.142. The number of fused-ring (bicyclic) bond motifs is 1. The van der Waals surface area contributed by atoms with Crippen molar-refractivity contribution in [2.75, 3.05) is 26.2 Å². The van der Waals surface area contributed by atoms with E-state index < -0.39 is 0 Å².